The number of hydrogen-bond donors (Lipinski definition) is 2. The first kappa shape index (κ1) is 13.1. The van der Waals surface area contributed by atoms with Crippen LogP contribution in [0.25, 0.3) is 0 Å². The second-order valence-corrected chi connectivity index (χ2v) is 5.34. The number of fused-ring (bicyclic) bond motifs is 1. The number of likely N-dealkylation sites (N-methyl/N-ethyl adjacent to an activating group) is 1. The first-order chi connectivity index (χ1) is 8.63. The average Bonchev–Trinajstić information content (AvgIpc) is 2.38. The molecule has 2 N–H and O–H groups in total. The van der Waals surface area contributed by atoms with Gasteiger partial charge in [0.2, 0.25) is 0 Å². The van der Waals surface area contributed by atoms with Crippen molar-refractivity contribution in [2.24, 2.45) is 0 Å². The summed E-state index contributed by atoms with van der Waals surface area (Å²) in [6.07, 6.45) is 2.06. The molecule has 96 valence electrons. The van der Waals surface area contributed by atoms with Crippen LogP contribution in [0.3, 0.4) is 0 Å². The molecule has 18 heavy (non-hydrogen) atoms. The molecule has 1 atom stereocenters. The van der Waals surface area contributed by atoms with Crippen LogP contribution in [0.2, 0.25) is 0 Å². The SMILES string of the molecule is CNC(C(=O)O)C(=O)c1ccc2c(c1)CCCS2. The minimum atomic E-state index is -1.17. The zero-order valence-electron chi connectivity index (χ0n) is 10.1. The molecule has 0 spiro atoms. The Labute approximate surface area is 110 Å². The number of carboxylic acid groups (broad SMARTS) is 1. The van der Waals surface area contributed by atoms with Crippen molar-refractivity contribution in [3.8, 4) is 0 Å². The largest absolute Gasteiger partial charge is 0.480 e. The Morgan fingerprint density at radius 2 is 2.22 bits per heavy atom. The summed E-state index contributed by atoms with van der Waals surface area (Å²) in [6.45, 7) is 0. The van der Waals surface area contributed by atoms with Crippen molar-refractivity contribution < 1.29 is 14.7 Å². The zero-order valence-corrected chi connectivity index (χ0v) is 10.9. The molecule has 1 unspecified atom stereocenters. The molecule has 0 aliphatic carbocycles. The number of aryl methyl sites for hydroxylation is 1. The molecule has 0 saturated heterocycles. The fraction of sp³-hybridized carbons (Fsp3) is 0.385. The zero-order chi connectivity index (χ0) is 13.1. The third-order valence-electron chi connectivity index (χ3n) is 2.99. The van der Waals surface area contributed by atoms with Gasteiger partial charge in [0.15, 0.2) is 11.8 Å². The molecule has 0 bridgehead atoms. The Morgan fingerprint density at radius 1 is 1.44 bits per heavy atom. The average molecular weight is 265 g/mol. The molecule has 1 aliphatic heterocycles. The minimum absolute atomic E-state index is 0.386. The van der Waals surface area contributed by atoms with Gasteiger partial charge in [-0.05, 0) is 43.3 Å². The monoisotopic (exact) mass is 265 g/mol. The second kappa shape index (κ2) is 5.54. The van der Waals surface area contributed by atoms with E-state index in [1.807, 2.05) is 12.1 Å². The van der Waals surface area contributed by atoms with Crippen molar-refractivity contribution in [2.45, 2.75) is 23.8 Å². The van der Waals surface area contributed by atoms with Gasteiger partial charge in [0.25, 0.3) is 0 Å². The number of rotatable bonds is 4. The lowest BCUT2D eigenvalue weighted by molar-refractivity contribution is -0.137. The van der Waals surface area contributed by atoms with Crippen LogP contribution in [0.15, 0.2) is 23.1 Å². The van der Waals surface area contributed by atoms with Crippen molar-refractivity contribution in [2.75, 3.05) is 12.8 Å². The van der Waals surface area contributed by atoms with Crippen LogP contribution < -0.4 is 5.32 Å². The molecule has 0 amide bonds. The van der Waals surface area contributed by atoms with Crippen LogP contribution in [-0.2, 0) is 11.2 Å². The number of hydrogen-bond acceptors (Lipinski definition) is 4. The molecule has 1 aromatic rings. The van der Waals surface area contributed by atoms with Gasteiger partial charge in [-0.25, -0.2) is 0 Å². The Morgan fingerprint density at radius 3 is 2.89 bits per heavy atom. The van der Waals surface area contributed by atoms with Crippen molar-refractivity contribution in [1.82, 2.24) is 5.32 Å². The number of Topliss-reactive ketones (excluding diaryl/α,β-unsaturated/α-hetero) is 1. The first-order valence-corrected chi connectivity index (χ1v) is 6.82. The molecule has 0 saturated carbocycles. The van der Waals surface area contributed by atoms with E-state index in [4.69, 9.17) is 5.11 Å². The molecule has 2 rings (SSSR count). The normalized spacial score (nSPS) is 15.8. The maximum Gasteiger partial charge on any atom is 0.328 e. The van der Waals surface area contributed by atoms with Gasteiger partial charge in [0.1, 0.15) is 0 Å². The van der Waals surface area contributed by atoms with Gasteiger partial charge in [-0.15, -0.1) is 11.8 Å². The lowest BCUT2D eigenvalue weighted by Gasteiger charge is -2.17. The van der Waals surface area contributed by atoms with E-state index in [0.29, 0.717) is 5.56 Å². The van der Waals surface area contributed by atoms with Crippen LogP contribution >= 0.6 is 11.8 Å². The smallest absolute Gasteiger partial charge is 0.328 e. The summed E-state index contributed by atoms with van der Waals surface area (Å²) >= 11 is 1.79. The second-order valence-electron chi connectivity index (χ2n) is 4.20. The number of carbonyl (C=O) groups is 2. The summed E-state index contributed by atoms with van der Waals surface area (Å²) in [7, 11) is 1.48. The van der Waals surface area contributed by atoms with E-state index in [1.54, 1.807) is 17.8 Å². The number of nitrogens with one attached hydrogen (secondary N) is 1. The Hall–Kier alpha value is -1.33. The molecule has 1 aromatic carbocycles. The molecule has 0 radical (unpaired) electrons. The van der Waals surface area contributed by atoms with E-state index in [-0.39, 0.29) is 5.78 Å². The lowest BCUT2D eigenvalue weighted by Crippen LogP contribution is -2.41. The summed E-state index contributed by atoms with van der Waals surface area (Å²) in [4.78, 5) is 24.2. The van der Waals surface area contributed by atoms with E-state index >= 15 is 0 Å². The third-order valence-corrected chi connectivity index (χ3v) is 4.19. The number of thioether (sulfide) groups is 1. The molecule has 1 aliphatic rings. The summed E-state index contributed by atoms with van der Waals surface area (Å²) in [6, 6.07) is 4.30. The van der Waals surface area contributed by atoms with Gasteiger partial charge in [-0.1, -0.05) is 6.07 Å². The molecule has 0 aromatic heterocycles. The molecular weight excluding hydrogens is 250 g/mol. The highest BCUT2D eigenvalue weighted by Crippen LogP contribution is 2.30. The Balaban J connectivity index is 2.28. The topological polar surface area (TPSA) is 66.4 Å². The van der Waals surface area contributed by atoms with Gasteiger partial charge < -0.3 is 10.4 Å². The highest BCUT2D eigenvalue weighted by molar-refractivity contribution is 7.99. The van der Waals surface area contributed by atoms with Gasteiger partial charge >= 0.3 is 5.97 Å². The summed E-state index contributed by atoms with van der Waals surface area (Å²) in [5.74, 6) is -0.424. The van der Waals surface area contributed by atoms with Gasteiger partial charge in [-0.2, -0.15) is 0 Å². The predicted molar refractivity (Wildman–Crippen MR) is 70.3 cm³/mol. The fourth-order valence-corrected chi connectivity index (χ4v) is 3.07. The fourth-order valence-electron chi connectivity index (χ4n) is 2.05. The van der Waals surface area contributed by atoms with Gasteiger partial charge in [0, 0.05) is 10.5 Å². The van der Waals surface area contributed by atoms with Gasteiger partial charge in [0.05, 0.1) is 0 Å². The highest BCUT2D eigenvalue weighted by atomic mass is 32.2. The lowest BCUT2D eigenvalue weighted by atomic mass is 10.00. The Bertz CT molecular complexity index is 487. The summed E-state index contributed by atoms with van der Waals surface area (Å²) in [5.41, 5.74) is 1.62. The third kappa shape index (κ3) is 2.57. The number of benzene rings is 1. The van der Waals surface area contributed by atoms with Crippen LogP contribution in [0.1, 0.15) is 22.3 Å². The number of carbonyl (C=O) groups excluding carboxylic acids is 1. The van der Waals surface area contributed by atoms with E-state index in [0.717, 1.165) is 24.2 Å². The maximum absolute atomic E-state index is 12.1. The van der Waals surface area contributed by atoms with Crippen molar-refractivity contribution in [3.63, 3.8) is 0 Å². The summed E-state index contributed by atoms with van der Waals surface area (Å²) in [5, 5.41) is 11.5. The molecular formula is C13H15NO3S. The quantitative estimate of drug-likeness (QED) is 0.639. The van der Waals surface area contributed by atoms with E-state index in [1.165, 1.54) is 11.9 Å². The van der Waals surface area contributed by atoms with Crippen molar-refractivity contribution >= 4 is 23.5 Å². The van der Waals surface area contributed by atoms with E-state index < -0.39 is 12.0 Å². The molecule has 5 heteroatoms. The van der Waals surface area contributed by atoms with Gasteiger partial charge in [-0.3, -0.25) is 9.59 Å². The van der Waals surface area contributed by atoms with Crippen LogP contribution in [0, 0.1) is 0 Å². The highest BCUT2D eigenvalue weighted by Gasteiger charge is 2.26. The van der Waals surface area contributed by atoms with Crippen LogP contribution in [0.5, 0.6) is 0 Å². The number of carboxylic acids is 1. The molecule has 4 nitrogen and oxygen atoms in total. The van der Waals surface area contributed by atoms with E-state index in [9.17, 15) is 9.59 Å². The predicted octanol–water partition coefficient (Wildman–Crippen LogP) is 1.58. The van der Waals surface area contributed by atoms with Crippen molar-refractivity contribution in [1.29, 1.82) is 0 Å². The first-order valence-electron chi connectivity index (χ1n) is 5.83. The van der Waals surface area contributed by atoms with E-state index in [2.05, 4.69) is 5.32 Å². The number of aliphatic carboxylic acids is 1. The number of ketones is 1. The maximum atomic E-state index is 12.1. The summed E-state index contributed by atoms with van der Waals surface area (Å²) < 4.78 is 0. The molecule has 0 fully saturated rings. The molecule has 1 heterocycles. The van der Waals surface area contributed by atoms with Crippen LogP contribution in [-0.4, -0.2) is 35.7 Å². The van der Waals surface area contributed by atoms with Crippen LogP contribution in [0.4, 0.5) is 0 Å². The standard InChI is InChI=1S/C13H15NO3S/c1-14-11(13(16)17)12(15)9-4-5-10-8(7-9)3-2-6-18-10/h4-5,7,11,14H,2-3,6H2,1H3,(H,16,17). The van der Waals surface area contributed by atoms with Crippen molar-refractivity contribution in [3.05, 3.63) is 29.3 Å². The minimum Gasteiger partial charge on any atom is -0.480 e. The Kier molecular flexibility index (Phi) is 4.04.